The quantitative estimate of drug-likeness (QED) is 0.898. The Bertz CT molecular complexity index is 832. The average molecular weight is 352 g/mol. The summed E-state index contributed by atoms with van der Waals surface area (Å²) in [6, 6.07) is 13.2. The molecule has 2 aromatic rings. The van der Waals surface area contributed by atoms with Gasteiger partial charge < -0.3 is 4.74 Å². The molecule has 23 heavy (non-hydrogen) atoms. The van der Waals surface area contributed by atoms with Gasteiger partial charge in [0.2, 0.25) is 0 Å². The standard InChI is InChI=1S/C16H14ClNO4S/c1-22-15-11-13(17)7-8-14(15)16(19)18-23(20,21)10-9-12-5-3-2-4-6-12/h2-11H,1H3,(H,18,19)/b10-9+. The summed E-state index contributed by atoms with van der Waals surface area (Å²) in [5.74, 6) is -0.603. The zero-order valence-corrected chi connectivity index (χ0v) is 13.8. The van der Waals surface area contributed by atoms with Crippen LogP contribution in [0.3, 0.4) is 0 Å². The molecule has 0 saturated heterocycles. The number of hydrogen-bond donors (Lipinski definition) is 1. The smallest absolute Gasteiger partial charge is 0.268 e. The number of halogens is 1. The molecule has 0 aliphatic heterocycles. The summed E-state index contributed by atoms with van der Waals surface area (Å²) in [7, 11) is -2.56. The summed E-state index contributed by atoms with van der Waals surface area (Å²) < 4.78 is 30.9. The molecule has 7 heteroatoms. The van der Waals surface area contributed by atoms with Crippen LogP contribution in [0.4, 0.5) is 0 Å². The highest BCUT2D eigenvalue weighted by Crippen LogP contribution is 2.23. The summed E-state index contributed by atoms with van der Waals surface area (Å²) >= 11 is 5.81. The highest BCUT2D eigenvalue weighted by molar-refractivity contribution is 7.93. The number of rotatable bonds is 5. The molecule has 0 aliphatic rings. The molecule has 2 rings (SSSR count). The van der Waals surface area contributed by atoms with Crippen molar-refractivity contribution in [1.82, 2.24) is 4.72 Å². The molecule has 1 N–H and O–H groups in total. The maximum Gasteiger partial charge on any atom is 0.268 e. The number of benzene rings is 2. The predicted octanol–water partition coefficient (Wildman–Crippen LogP) is 3.08. The first-order valence-corrected chi connectivity index (χ1v) is 8.47. The fourth-order valence-corrected chi connectivity index (χ4v) is 2.74. The molecule has 0 aromatic heterocycles. The van der Waals surface area contributed by atoms with E-state index in [1.807, 2.05) is 10.8 Å². The Morgan fingerprint density at radius 1 is 1.17 bits per heavy atom. The van der Waals surface area contributed by atoms with Gasteiger partial charge in [-0.05, 0) is 29.8 Å². The Morgan fingerprint density at radius 3 is 2.52 bits per heavy atom. The van der Waals surface area contributed by atoms with Crippen molar-refractivity contribution in [3.05, 3.63) is 70.1 Å². The summed E-state index contributed by atoms with van der Waals surface area (Å²) in [5, 5.41) is 1.31. The minimum Gasteiger partial charge on any atom is -0.496 e. The van der Waals surface area contributed by atoms with Crippen molar-refractivity contribution < 1.29 is 17.9 Å². The zero-order chi connectivity index (χ0) is 16.9. The monoisotopic (exact) mass is 351 g/mol. The SMILES string of the molecule is COc1cc(Cl)ccc1C(=O)NS(=O)(=O)/C=C/c1ccccc1. The van der Waals surface area contributed by atoms with Crippen molar-refractivity contribution in [1.29, 1.82) is 0 Å². The molecule has 2 aromatic carbocycles. The van der Waals surface area contributed by atoms with Crippen molar-refractivity contribution in [3.8, 4) is 5.75 Å². The topological polar surface area (TPSA) is 72.5 Å². The first-order valence-electron chi connectivity index (χ1n) is 6.55. The van der Waals surface area contributed by atoms with Gasteiger partial charge in [0, 0.05) is 5.02 Å². The molecule has 0 spiro atoms. The lowest BCUT2D eigenvalue weighted by atomic mass is 10.2. The molecule has 0 aliphatic carbocycles. The van der Waals surface area contributed by atoms with Gasteiger partial charge in [-0.25, -0.2) is 13.1 Å². The lowest BCUT2D eigenvalue weighted by Crippen LogP contribution is -2.29. The minimum atomic E-state index is -3.93. The first kappa shape index (κ1) is 17.1. The van der Waals surface area contributed by atoms with Crippen LogP contribution >= 0.6 is 11.6 Å². The Morgan fingerprint density at radius 2 is 1.87 bits per heavy atom. The Labute approximate surface area is 139 Å². The maximum atomic E-state index is 12.1. The van der Waals surface area contributed by atoms with Gasteiger partial charge in [-0.3, -0.25) is 4.79 Å². The van der Waals surface area contributed by atoms with Crippen molar-refractivity contribution in [2.24, 2.45) is 0 Å². The first-order chi connectivity index (χ1) is 10.9. The third-order valence-electron chi connectivity index (χ3n) is 2.88. The third kappa shape index (κ3) is 4.84. The average Bonchev–Trinajstić information content (AvgIpc) is 2.53. The lowest BCUT2D eigenvalue weighted by molar-refractivity contribution is 0.0979. The summed E-state index contributed by atoms with van der Waals surface area (Å²) in [5.41, 5.74) is 0.781. The van der Waals surface area contributed by atoms with E-state index < -0.39 is 15.9 Å². The van der Waals surface area contributed by atoms with E-state index >= 15 is 0 Å². The third-order valence-corrected chi connectivity index (χ3v) is 4.08. The Balaban J connectivity index is 2.17. The van der Waals surface area contributed by atoms with Crippen LogP contribution in [0, 0.1) is 0 Å². The van der Waals surface area contributed by atoms with Gasteiger partial charge in [0.1, 0.15) is 5.75 Å². The molecular weight excluding hydrogens is 338 g/mol. The second-order valence-corrected chi connectivity index (χ2v) is 6.54. The molecule has 1 amide bonds. The maximum absolute atomic E-state index is 12.1. The molecule has 0 atom stereocenters. The fourth-order valence-electron chi connectivity index (χ4n) is 1.80. The highest BCUT2D eigenvalue weighted by Gasteiger charge is 2.17. The number of methoxy groups -OCH3 is 1. The van der Waals surface area contributed by atoms with Crippen LogP contribution in [0.15, 0.2) is 53.9 Å². The number of hydrogen-bond acceptors (Lipinski definition) is 4. The summed E-state index contributed by atoms with van der Waals surface area (Å²) in [6.45, 7) is 0. The van der Waals surface area contributed by atoms with E-state index in [1.54, 1.807) is 24.3 Å². The van der Waals surface area contributed by atoms with E-state index in [4.69, 9.17) is 16.3 Å². The zero-order valence-electron chi connectivity index (χ0n) is 12.2. The Kier molecular flexibility index (Phi) is 5.41. The van der Waals surface area contributed by atoms with E-state index in [9.17, 15) is 13.2 Å². The molecule has 0 fully saturated rings. The Hall–Kier alpha value is -2.31. The highest BCUT2D eigenvalue weighted by atomic mass is 35.5. The molecule has 0 radical (unpaired) electrons. The van der Waals surface area contributed by atoms with E-state index in [-0.39, 0.29) is 11.3 Å². The van der Waals surface area contributed by atoms with Gasteiger partial charge in [-0.2, -0.15) is 0 Å². The number of carbonyl (C=O) groups excluding carboxylic acids is 1. The van der Waals surface area contributed by atoms with Crippen LogP contribution in [0.5, 0.6) is 5.75 Å². The van der Waals surface area contributed by atoms with E-state index in [2.05, 4.69) is 0 Å². The van der Waals surface area contributed by atoms with Crippen molar-refractivity contribution in [2.45, 2.75) is 0 Å². The van der Waals surface area contributed by atoms with Gasteiger partial charge in [0.05, 0.1) is 18.1 Å². The molecule has 0 heterocycles. The van der Waals surface area contributed by atoms with E-state index in [1.165, 1.54) is 31.4 Å². The second kappa shape index (κ2) is 7.30. The number of carbonyl (C=O) groups is 1. The molecule has 0 bridgehead atoms. The van der Waals surface area contributed by atoms with Crippen molar-refractivity contribution >= 4 is 33.6 Å². The summed E-state index contributed by atoms with van der Waals surface area (Å²) in [4.78, 5) is 12.1. The van der Waals surface area contributed by atoms with Gasteiger partial charge >= 0.3 is 0 Å². The molecule has 120 valence electrons. The largest absolute Gasteiger partial charge is 0.496 e. The minimum absolute atomic E-state index is 0.0774. The lowest BCUT2D eigenvalue weighted by Gasteiger charge is -2.08. The number of nitrogens with one attached hydrogen (secondary N) is 1. The van der Waals surface area contributed by atoms with Crippen LogP contribution in [-0.4, -0.2) is 21.4 Å². The number of sulfonamides is 1. The van der Waals surface area contributed by atoms with Crippen molar-refractivity contribution in [3.63, 3.8) is 0 Å². The van der Waals surface area contributed by atoms with Gasteiger partial charge in [-0.15, -0.1) is 0 Å². The van der Waals surface area contributed by atoms with Crippen LogP contribution < -0.4 is 9.46 Å². The van der Waals surface area contributed by atoms with Crippen molar-refractivity contribution in [2.75, 3.05) is 7.11 Å². The molecule has 5 nitrogen and oxygen atoms in total. The molecular formula is C16H14ClNO4S. The number of amides is 1. The predicted molar refractivity (Wildman–Crippen MR) is 89.9 cm³/mol. The van der Waals surface area contributed by atoms with Gasteiger partial charge in [0.25, 0.3) is 15.9 Å². The number of ether oxygens (including phenoxy) is 1. The van der Waals surface area contributed by atoms with Gasteiger partial charge in [-0.1, -0.05) is 41.9 Å². The fraction of sp³-hybridized carbons (Fsp3) is 0.0625. The van der Waals surface area contributed by atoms with Gasteiger partial charge in [0.15, 0.2) is 0 Å². The molecule has 0 unspecified atom stereocenters. The normalized spacial score (nSPS) is 11.4. The van der Waals surface area contributed by atoms with Crippen LogP contribution in [0.25, 0.3) is 6.08 Å². The van der Waals surface area contributed by atoms with E-state index in [0.29, 0.717) is 10.6 Å². The van der Waals surface area contributed by atoms with Crippen LogP contribution in [-0.2, 0) is 10.0 Å². The second-order valence-electron chi connectivity index (χ2n) is 4.53. The molecule has 0 saturated carbocycles. The van der Waals surface area contributed by atoms with E-state index in [0.717, 1.165) is 5.41 Å². The van der Waals surface area contributed by atoms with Crippen LogP contribution in [0.2, 0.25) is 5.02 Å². The van der Waals surface area contributed by atoms with Crippen LogP contribution in [0.1, 0.15) is 15.9 Å². The summed E-state index contributed by atoms with van der Waals surface area (Å²) in [6.07, 6.45) is 1.40.